The summed E-state index contributed by atoms with van der Waals surface area (Å²) in [5, 5.41) is 3.69. The minimum absolute atomic E-state index is 0.126. The van der Waals surface area contributed by atoms with Crippen molar-refractivity contribution in [1.82, 2.24) is 10.1 Å². The Bertz CT molecular complexity index is 1030. The van der Waals surface area contributed by atoms with E-state index < -0.39 is 11.6 Å². The normalized spacial score (nSPS) is 14.2. The van der Waals surface area contributed by atoms with Crippen LogP contribution >= 0.6 is 0 Å². The third-order valence-corrected chi connectivity index (χ3v) is 4.98. The summed E-state index contributed by atoms with van der Waals surface area (Å²) in [7, 11) is 1.63. The Kier molecular flexibility index (Phi) is 5.16. The van der Waals surface area contributed by atoms with Gasteiger partial charge in [0.25, 0.3) is 5.91 Å². The molecule has 1 saturated heterocycles. The van der Waals surface area contributed by atoms with Gasteiger partial charge in [0.1, 0.15) is 11.3 Å². The number of hydrogen-bond acceptors (Lipinski definition) is 5. The monoisotopic (exact) mass is 399 g/mol. The van der Waals surface area contributed by atoms with Gasteiger partial charge in [-0.05, 0) is 30.3 Å². The number of carbonyl (C=O) groups is 1. The van der Waals surface area contributed by atoms with Gasteiger partial charge in [-0.3, -0.25) is 4.79 Å². The van der Waals surface area contributed by atoms with Crippen molar-refractivity contribution >= 4 is 11.6 Å². The maximum atomic E-state index is 13.6. The zero-order valence-electron chi connectivity index (χ0n) is 15.8. The standard InChI is InChI=1S/C21H19F2N3O3/c1-28-19-5-3-2-4-18(19)25-8-10-26(11-9-25)21(27)15-13-24-29-20(15)14-6-7-16(22)17(23)12-14/h2-7,12-13H,8-11H2,1H3. The molecule has 0 unspecified atom stereocenters. The minimum atomic E-state index is -1.01. The second-order valence-corrected chi connectivity index (χ2v) is 6.65. The Morgan fingerprint density at radius 1 is 1.07 bits per heavy atom. The highest BCUT2D eigenvalue weighted by atomic mass is 19.2. The summed E-state index contributed by atoms with van der Waals surface area (Å²) in [6.45, 7) is 2.27. The van der Waals surface area contributed by atoms with E-state index in [-0.39, 0.29) is 22.8 Å². The Hall–Kier alpha value is -3.42. The third kappa shape index (κ3) is 3.65. The molecule has 1 fully saturated rings. The molecule has 0 aliphatic carbocycles. The van der Waals surface area contributed by atoms with Gasteiger partial charge >= 0.3 is 0 Å². The summed E-state index contributed by atoms with van der Waals surface area (Å²) in [5.41, 5.74) is 1.47. The van der Waals surface area contributed by atoms with Gasteiger partial charge in [0, 0.05) is 31.7 Å². The lowest BCUT2D eigenvalue weighted by Crippen LogP contribution is -2.48. The molecule has 0 atom stereocenters. The largest absolute Gasteiger partial charge is 0.495 e. The van der Waals surface area contributed by atoms with Crippen LogP contribution in [0.3, 0.4) is 0 Å². The van der Waals surface area contributed by atoms with Crippen molar-refractivity contribution in [2.24, 2.45) is 0 Å². The van der Waals surface area contributed by atoms with Gasteiger partial charge < -0.3 is 19.1 Å². The van der Waals surface area contributed by atoms with Crippen LogP contribution in [0.4, 0.5) is 14.5 Å². The molecule has 0 bridgehead atoms. The number of anilines is 1. The van der Waals surface area contributed by atoms with Crippen molar-refractivity contribution in [3.63, 3.8) is 0 Å². The molecule has 1 aromatic heterocycles. The van der Waals surface area contributed by atoms with Crippen molar-refractivity contribution < 1.29 is 22.8 Å². The first-order chi connectivity index (χ1) is 14.1. The van der Waals surface area contributed by atoms with Gasteiger partial charge in [-0.1, -0.05) is 17.3 Å². The lowest BCUT2D eigenvalue weighted by atomic mass is 10.1. The van der Waals surface area contributed by atoms with E-state index in [1.807, 2.05) is 24.3 Å². The zero-order chi connectivity index (χ0) is 20.4. The number of nitrogens with zero attached hydrogens (tertiary/aromatic N) is 3. The summed E-state index contributed by atoms with van der Waals surface area (Å²) >= 11 is 0. The molecule has 29 heavy (non-hydrogen) atoms. The Morgan fingerprint density at radius 2 is 1.83 bits per heavy atom. The first kappa shape index (κ1) is 18.9. The van der Waals surface area contributed by atoms with E-state index in [0.717, 1.165) is 23.6 Å². The number of amides is 1. The first-order valence-electron chi connectivity index (χ1n) is 9.16. The smallest absolute Gasteiger partial charge is 0.259 e. The number of aromatic nitrogens is 1. The number of methoxy groups -OCH3 is 1. The molecule has 8 heteroatoms. The third-order valence-electron chi connectivity index (χ3n) is 4.98. The van der Waals surface area contributed by atoms with E-state index in [1.54, 1.807) is 12.0 Å². The van der Waals surface area contributed by atoms with Crippen molar-refractivity contribution in [1.29, 1.82) is 0 Å². The van der Waals surface area contributed by atoms with Crippen LogP contribution in [0.1, 0.15) is 10.4 Å². The quantitative estimate of drug-likeness (QED) is 0.671. The van der Waals surface area contributed by atoms with E-state index in [1.165, 1.54) is 12.3 Å². The van der Waals surface area contributed by atoms with Crippen LogP contribution < -0.4 is 9.64 Å². The fraction of sp³-hybridized carbons (Fsp3) is 0.238. The minimum Gasteiger partial charge on any atom is -0.495 e. The molecule has 0 spiro atoms. The predicted octanol–water partition coefficient (Wildman–Crippen LogP) is 3.59. The molecular formula is C21H19F2N3O3. The number of benzene rings is 2. The maximum Gasteiger partial charge on any atom is 0.259 e. The topological polar surface area (TPSA) is 58.8 Å². The highest BCUT2D eigenvalue weighted by molar-refractivity contribution is 5.99. The molecule has 0 radical (unpaired) electrons. The van der Waals surface area contributed by atoms with Gasteiger partial charge in [0.05, 0.1) is 19.0 Å². The molecular weight excluding hydrogens is 380 g/mol. The molecule has 2 aromatic carbocycles. The van der Waals surface area contributed by atoms with Crippen LogP contribution in [0.5, 0.6) is 5.75 Å². The van der Waals surface area contributed by atoms with Crippen molar-refractivity contribution in [2.45, 2.75) is 0 Å². The van der Waals surface area contributed by atoms with Gasteiger partial charge in [-0.2, -0.15) is 0 Å². The van der Waals surface area contributed by atoms with Crippen molar-refractivity contribution in [2.75, 3.05) is 38.2 Å². The molecule has 4 rings (SSSR count). The molecule has 2 heterocycles. The van der Waals surface area contributed by atoms with E-state index in [2.05, 4.69) is 10.1 Å². The average Bonchev–Trinajstić information content (AvgIpc) is 3.25. The molecule has 0 saturated carbocycles. The fourth-order valence-electron chi connectivity index (χ4n) is 3.45. The highest BCUT2D eigenvalue weighted by Crippen LogP contribution is 2.30. The first-order valence-corrected chi connectivity index (χ1v) is 9.16. The number of ether oxygens (including phenoxy) is 1. The predicted molar refractivity (Wildman–Crippen MR) is 103 cm³/mol. The van der Waals surface area contributed by atoms with E-state index in [0.29, 0.717) is 26.2 Å². The van der Waals surface area contributed by atoms with E-state index in [4.69, 9.17) is 9.26 Å². The number of carbonyl (C=O) groups excluding carboxylic acids is 1. The van der Waals surface area contributed by atoms with Crippen LogP contribution in [-0.2, 0) is 0 Å². The summed E-state index contributed by atoms with van der Waals surface area (Å²) in [5.74, 6) is -1.32. The molecule has 6 nitrogen and oxygen atoms in total. The van der Waals surface area contributed by atoms with Crippen LogP contribution in [-0.4, -0.2) is 49.3 Å². The SMILES string of the molecule is COc1ccccc1N1CCN(C(=O)c2cnoc2-c2ccc(F)c(F)c2)CC1. The summed E-state index contributed by atoms with van der Waals surface area (Å²) in [6.07, 6.45) is 1.31. The van der Waals surface area contributed by atoms with Crippen molar-refractivity contribution in [3.05, 3.63) is 65.9 Å². The molecule has 1 aliphatic heterocycles. The van der Waals surface area contributed by atoms with Crippen LogP contribution in [0, 0.1) is 11.6 Å². The fourth-order valence-corrected chi connectivity index (χ4v) is 3.45. The molecule has 3 aromatic rings. The number of hydrogen-bond donors (Lipinski definition) is 0. The number of para-hydroxylation sites is 2. The summed E-state index contributed by atoms with van der Waals surface area (Å²) < 4.78 is 37.4. The molecule has 0 N–H and O–H groups in total. The van der Waals surface area contributed by atoms with Gasteiger partial charge in [0.15, 0.2) is 17.4 Å². The number of rotatable bonds is 4. The molecule has 1 amide bonds. The van der Waals surface area contributed by atoms with Gasteiger partial charge in [0.2, 0.25) is 0 Å². The second kappa shape index (κ2) is 7.90. The van der Waals surface area contributed by atoms with Crippen LogP contribution in [0.15, 0.2) is 53.2 Å². The van der Waals surface area contributed by atoms with E-state index >= 15 is 0 Å². The van der Waals surface area contributed by atoms with E-state index in [9.17, 15) is 13.6 Å². The van der Waals surface area contributed by atoms with Crippen LogP contribution in [0.25, 0.3) is 11.3 Å². The lowest BCUT2D eigenvalue weighted by Gasteiger charge is -2.36. The number of piperazine rings is 1. The molecule has 150 valence electrons. The Labute approximate surface area is 166 Å². The number of halogens is 2. The van der Waals surface area contributed by atoms with Gasteiger partial charge in [-0.25, -0.2) is 8.78 Å². The van der Waals surface area contributed by atoms with Crippen molar-refractivity contribution in [3.8, 4) is 17.1 Å². The molecule has 1 aliphatic rings. The highest BCUT2D eigenvalue weighted by Gasteiger charge is 2.27. The maximum absolute atomic E-state index is 13.6. The second-order valence-electron chi connectivity index (χ2n) is 6.65. The summed E-state index contributed by atoms with van der Waals surface area (Å²) in [6, 6.07) is 11.1. The van der Waals surface area contributed by atoms with Gasteiger partial charge in [-0.15, -0.1) is 0 Å². The Balaban J connectivity index is 1.50. The average molecular weight is 399 g/mol. The zero-order valence-corrected chi connectivity index (χ0v) is 15.8. The Morgan fingerprint density at radius 3 is 2.55 bits per heavy atom. The summed E-state index contributed by atoms with van der Waals surface area (Å²) in [4.78, 5) is 16.8. The van der Waals surface area contributed by atoms with Crippen LogP contribution in [0.2, 0.25) is 0 Å². The lowest BCUT2D eigenvalue weighted by molar-refractivity contribution is 0.0747.